The van der Waals surface area contributed by atoms with Crippen LogP contribution in [0, 0.1) is 6.92 Å². The topological polar surface area (TPSA) is 17.8 Å². The summed E-state index contributed by atoms with van der Waals surface area (Å²) in [6.07, 6.45) is 5.39. The normalized spacial score (nSPS) is 32.4. The van der Waals surface area contributed by atoms with Gasteiger partial charge in [0, 0.05) is 29.7 Å². The molecule has 0 bridgehead atoms. The van der Waals surface area contributed by atoms with Gasteiger partial charge in [-0.15, -0.1) is 11.6 Å². The maximum absolute atomic E-state index is 6.18. The molecule has 0 aliphatic heterocycles. The second kappa shape index (κ2) is 3.27. The summed E-state index contributed by atoms with van der Waals surface area (Å²) < 4.78 is 2.19. The van der Waals surface area contributed by atoms with E-state index >= 15 is 0 Å². The molecule has 2 nitrogen and oxygen atoms in total. The molecule has 1 saturated carbocycles. The first-order valence-corrected chi connectivity index (χ1v) is 5.59. The Hall–Kier alpha value is -0.500. The van der Waals surface area contributed by atoms with Crippen LogP contribution < -0.4 is 0 Å². The second-order valence-electron chi connectivity index (χ2n) is 4.65. The predicted molar refractivity (Wildman–Crippen MR) is 58.8 cm³/mol. The predicted octanol–water partition coefficient (Wildman–Crippen LogP) is 2.78. The largest absolute Gasteiger partial charge is 0.335 e. The highest BCUT2D eigenvalue weighted by Crippen LogP contribution is 2.42. The van der Waals surface area contributed by atoms with E-state index in [1.807, 2.05) is 13.1 Å². The van der Waals surface area contributed by atoms with Crippen LogP contribution >= 0.6 is 11.6 Å². The SMILES string of the molecule is Cc1ncc(C2(C)CCC(Cl)C2)n1C. The van der Waals surface area contributed by atoms with E-state index in [0.717, 1.165) is 18.7 Å². The number of hydrogen-bond acceptors (Lipinski definition) is 1. The number of aryl methyl sites for hydroxylation is 1. The molecule has 1 aliphatic carbocycles. The van der Waals surface area contributed by atoms with Crippen molar-refractivity contribution in [2.75, 3.05) is 0 Å². The average Bonchev–Trinajstić information content (AvgIpc) is 2.60. The Balaban J connectivity index is 2.35. The fourth-order valence-corrected chi connectivity index (χ4v) is 2.91. The minimum absolute atomic E-state index is 0.239. The summed E-state index contributed by atoms with van der Waals surface area (Å²) >= 11 is 6.18. The van der Waals surface area contributed by atoms with Crippen LogP contribution in [-0.4, -0.2) is 14.9 Å². The van der Waals surface area contributed by atoms with Crippen molar-refractivity contribution in [1.29, 1.82) is 0 Å². The first kappa shape index (κ1) is 10.0. The quantitative estimate of drug-likeness (QED) is 0.655. The van der Waals surface area contributed by atoms with Gasteiger partial charge in [-0.25, -0.2) is 4.98 Å². The molecule has 2 unspecified atom stereocenters. The Labute approximate surface area is 90.3 Å². The zero-order chi connectivity index (χ0) is 10.3. The highest BCUT2D eigenvalue weighted by atomic mass is 35.5. The second-order valence-corrected chi connectivity index (χ2v) is 5.27. The summed E-state index contributed by atoms with van der Waals surface area (Å²) in [6, 6.07) is 0. The van der Waals surface area contributed by atoms with Crippen molar-refractivity contribution in [3.63, 3.8) is 0 Å². The molecule has 0 aromatic carbocycles. The smallest absolute Gasteiger partial charge is 0.105 e. The highest BCUT2D eigenvalue weighted by Gasteiger charge is 2.37. The fourth-order valence-electron chi connectivity index (χ4n) is 2.46. The van der Waals surface area contributed by atoms with Crippen molar-refractivity contribution < 1.29 is 0 Å². The molecule has 1 aromatic rings. The van der Waals surface area contributed by atoms with Gasteiger partial charge in [-0.3, -0.25) is 0 Å². The number of rotatable bonds is 1. The summed E-state index contributed by atoms with van der Waals surface area (Å²) in [4.78, 5) is 4.35. The fraction of sp³-hybridized carbons (Fsp3) is 0.727. The van der Waals surface area contributed by atoms with Gasteiger partial charge < -0.3 is 4.57 Å². The number of aromatic nitrogens is 2. The number of imidazole rings is 1. The Morgan fingerprint density at radius 2 is 2.36 bits per heavy atom. The third-order valence-corrected chi connectivity index (χ3v) is 3.89. The van der Waals surface area contributed by atoms with Crippen LogP contribution in [0.5, 0.6) is 0 Å². The van der Waals surface area contributed by atoms with E-state index < -0.39 is 0 Å². The van der Waals surface area contributed by atoms with Gasteiger partial charge in [-0.05, 0) is 26.2 Å². The highest BCUT2D eigenvalue weighted by molar-refractivity contribution is 6.20. The molecule has 0 N–H and O–H groups in total. The standard InChI is InChI=1S/C11H17ClN2/c1-8-13-7-10(14(8)3)11(2)5-4-9(12)6-11/h7,9H,4-6H2,1-3H3. The number of hydrogen-bond donors (Lipinski definition) is 0. The van der Waals surface area contributed by atoms with E-state index in [2.05, 4.69) is 23.5 Å². The van der Waals surface area contributed by atoms with E-state index in [0.29, 0.717) is 5.38 Å². The van der Waals surface area contributed by atoms with Gasteiger partial charge in [-0.1, -0.05) is 6.92 Å². The van der Waals surface area contributed by atoms with Crippen LogP contribution in [0.3, 0.4) is 0 Å². The van der Waals surface area contributed by atoms with Gasteiger partial charge in [0.15, 0.2) is 0 Å². The Bertz CT molecular complexity index is 345. The first-order valence-electron chi connectivity index (χ1n) is 5.16. The molecule has 3 heteroatoms. The zero-order valence-corrected chi connectivity index (χ0v) is 9.80. The van der Waals surface area contributed by atoms with Crippen molar-refractivity contribution in [3.05, 3.63) is 17.7 Å². The summed E-state index contributed by atoms with van der Waals surface area (Å²) in [5, 5.41) is 0.343. The van der Waals surface area contributed by atoms with Gasteiger partial charge >= 0.3 is 0 Å². The molecular formula is C11H17ClN2. The molecular weight excluding hydrogens is 196 g/mol. The van der Waals surface area contributed by atoms with E-state index in [1.54, 1.807) is 0 Å². The summed E-state index contributed by atoms with van der Waals surface area (Å²) in [7, 11) is 2.09. The van der Waals surface area contributed by atoms with Gasteiger partial charge in [0.1, 0.15) is 5.82 Å². The molecule has 0 radical (unpaired) electrons. The van der Waals surface area contributed by atoms with Crippen LogP contribution in [0.25, 0.3) is 0 Å². The third kappa shape index (κ3) is 1.46. The van der Waals surface area contributed by atoms with E-state index in [-0.39, 0.29) is 5.41 Å². The molecule has 78 valence electrons. The van der Waals surface area contributed by atoms with E-state index in [4.69, 9.17) is 11.6 Å². The number of nitrogens with zero attached hydrogens (tertiary/aromatic N) is 2. The van der Waals surface area contributed by atoms with Crippen molar-refractivity contribution >= 4 is 11.6 Å². The van der Waals surface area contributed by atoms with Crippen molar-refractivity contribution in [1.82, 2.24) is 9.55 Å². The van der Waals surface area contributed by atoms with Gasteiger partial charge in [0.05, 0.1) is 0 Å². The molecule has 2 atom stereocenters. The zero-order valence-electron chi connectivity index (χ0n) is 9.05. The van der Waals surface area contributed by atoms with Crippen molar-refractivity contribution in [2.45, 2.75) is 43.9 Å². The summed E-state index contributed by atoms with van der Waals surface area (Å²) in [5.74, 6) is 1.08. The minimum Gasteiger partial charge on any atom is -0.335 e. The Morgan fingerprint density at radius 3 is 2.79 bits per heavy atom. The lowest BCUT2D eigenvalue weighted by atomic mass is 9.85. The monoisotopic (exact) mass is 212 g/mol. The third-order valence-electron chi connectivity index (χ3n) is 3.52. The molecule has 1 aliphatic rings. The molecule has 0 spiro atoms. The van der Waals surface area contributed by atoms with Crippen LogP contribution in [0.4, 0.5) is 0 Å². The van der Waals surface area contributed by atoms with E-state index in [9.17, 15) is 0 Å². The van der Waals surface area contributed by atoms with Crippen LogP contribution in [-0.2, 0) is 12.5 Å². The van der Waals surface area contributed by atoms with E-state index in [1.165, 1.54) is 12.1 Å². The lowest BCUT2D eigenvalue weighted by Gasteiger charge is -2.24. The van der Waals surface area contributed by atoms with Gasteiger partial charge in [0.25, 0.3) is 0 Å². The number of halogens is 1. The summed E-state index contributed by atoms with van der Waals surface area (Å²) in [5.41, 5.74) is 1.57. The number of alkyl halides is 1. The lowest BCUT2D eigenvalue weighted by molar-refractivity contribution is 0.458. The average molecular weight is 213 g/mol. The van der Waals surface area contributed by atoms with Gasteiger partial charge in [-0.2, -0.15) is 0 Å². The Kier molecular flexibility index (Phi) is 2.34. The molecule has 0 saturated heterocycles. The molecule has 0 amide bonds. The molecule has 14 heavy (non-hydrogen) atoms. The lowest BCUT2D eigenvalue weighted by Crippen LogP contribution is -2.21. The first-order chi connectivity index (χ1) is 6.53. The maximum Gasteiger partial charge on any atom is 0.105 e. The molecule has 2 rings (SSSR count). The van der Waals surface area contributed by atoms with Crippen LogP contribution in [0.1, 0.15) is 37.7 Å². The van der Waals surface area contributed by atoms with Crippen LogP contribution in [0.2, 0.25) is 0 Å². The maximum atomic E-state index is 6.18. The van der Waals surface area contributed by atoms with Crippen molar-refractivity contribution in [3.8, 4) is 0 Å². The summed E-state index contributed by atoms with van der Waals surface area (Å²) in [6.45, 7) is 4.34. The Morgan fingerprint density at radius 1 is 1.64 bits per heavy atom. The molecule has 1 aromatic heterocycles. The molecule has 1 heterocycles. The minimum atomic E-state index is 0.239. The van der Waals surface area contributed by atoms with Crippen molar-refractivity contribution in [2.24, 2.45) is 7.05 Å². The van der Waals surface area contributed by atoms with Crippen LogP contribution in [0.15, 0.2) is 6.20 Å². The van der Waals surface area contributed by atoms with Gasteiger partial charge in [0.2, 0.25) is 0 Å². The molecule has 1 fully saturated rings.